The van der Waals surface area contributed by atoms with Crippen molar-refractivity contribution in [1.29, 1.82) is 5.26 Å². The summed E-state index contributed by atoms with van der Waals surface area (Å²) in [4.78, 5) is 0. The molecule has 1 aromatic rings. The molecule has 1 aromatic carbocycles. The molecule has 1 N–H and O–H groups in total. The van der Waals surface area contributed by atoms with Gasteiger partial charge in [-0.1, -0.05) is 6.07 Å². The van der Waals surface area contributed by atoms with Crippen molar-refractivity contribution >= 4 is 0 Å². The molecule has 0 aliphatic heterocycles. The summed E-state index contributed by atoms with van der Waals surface area (Å²) < 4.78 is 11.0. The first-order chi connectivity index (χ1) is 9.22. The van der Waals surface area contributed by atoms with Crippen molar-refractivity contribution < 1.29 is 14.6 Å². The Morgan fingerprint density at radius 3 is 2.68 bits per heavy atom. The molecule has 4 heteroatoms. The zero-order valence-corrected chi connectivity index (χ0v) is 11.1. The fourth-order valence-electron chi connectivity index (χ4n) is 2.34. The van der Waals surface area contributed by atoms with Gasteiger partial charge in [0.15, 0.2) is 0 Å². The smallest absolute Gasteiger partial charge is 0.136 e. The number of benzene rings is 1. The van der Waals surface area contributed by atoms with E-state index in [0.29, 0.717) is 17.9 Å². The Hall–Kier alpha value is -1.57. The molecular weight excluding hydrogens is 242 g/mol. The number of nitrogens with zero attached hydrogens (tertiary/aromatic N) is 1. The van der Waals surface area contributed by atoms with E-state index in [1.807, 2.05) is 12.1 Å². The van der Waals surface area contributed by atoms with Crippen LogP contribution in [0.3, 0.4) is 0 Å². The summed E-state index contributed by atoms with van der Waals surface area (Å²) in [5, 5.41) is 18.3. The van der Waals surface area contributed by atoms with E-state index < -0.39 is 0 Å². The van der Waals surface area contributed by atoms with Crippen LogP contribution in [0.5, 0.6) is 5.75 Å². The minimum atomic E-state index is -0.158. The lowest BCUT2D eigenvalue weighted by atomic mass is 9.95. The third-order valence-electron chi connectivity index (χ3n) is 3.52. The Morgan fingerprint density at radius 2 is 2.05 bits per heavy atom. The van der Waals surface area contributed by atoms with Crippen molar-refractivity contribution in [2.75, 3.05) is 7.11 Å². The quantitative estimate of drug-likeness (QED) is 0.904. The minimum absolute atomic E-state index is 0.158. The van der Waals surface area contributed by atoms with Crippen LogP contribution in [-0.4, -0.2) is 24.4 Å². The highest BCUT2D eigenvalue weighted by Gasteiger charge is 2.19. The van der Waals surface area contributed by atoms with Crippen LogP contribution in [0.25, 0.3) is 0 Å². The van der Waals surface area contributed by atoms with Crippen molar-refractivity contribution in [3.8, 4) is 11.8 Å². The van der Waals surface area contributed by atoms with Crippen LogP contribution in [0.4, 0.5) is 0 Å². The van der Waals surface area contributed by atoms with E-state index in [9.17, 15) is 5.11 Å². The van der Waals surface area contributed by atoms with Gasteiger partial charge in [-0.05, 0) is 43.4 Å². The maximum Gasteiger partial charge on any atom is 0.136 e. The molecule has 1 fully saturated rings. The second-order valence-corrected chi connectivity index (χ2v) is 4.89. The first kappa shape index (κ1) is 13.9. The van der Waals surface area contributed by atoms with E-state index >= 15 is 0 Å². The zero-order valence-electron chi connectivity index (χ0n) is 11.1. The van der Waals surface area contributed by atoms with Crippen LogP contribution >= 0.6 is 0 Å². The Bertz CT molecular complexity index is 459. The van der Waals surface area contributed by atoms with Crippen LogP contribution in [0.2, 0.25) is 0 Å². The van der Waals surface area contributed by atoms with E-state index in [4.69, 9.17) is 14.7 Å². The van der Waals surface area contributed by atoms with Gasteiger partial charge in [-0.3, -0.25) is 0 Å². The highest BCUT2D eigenvalue weighted by Crippen LogP contribution is 2.24. The average molecular weight is 261 g/mol. The number of rotatable bonds is 4. The van der Waals surface area contributed by atoms with Gasteiger partial charge in [0.05, 0.1) is 31.5 Å². The monoisotopic (exact) mass is 261 g/mol. The van der Waals surface area contributed by atoms with Crippen LogP contribution < -0.4 is 4.74 Å². The maximum atomic E-state index is 9.44. The summed E-state index contributed by atoms with van der Waals surface area (Å²) in [6, 6.07) is 7.57. The van der Waals surface area contributed by atoms with Gasteiger partial charge in [0, 0.05) is 0 Å². The number of aliphatic hydroxyl groups is 1. The normalized spacial score (nSPS) is 22.8. The second kappa shape index (κ2) is 6.55. The van der Waals surface area contributed by atoms with Crippen LogP contribution in [-0.2, 0) is 11.3 Å². The number of aliphatic hydroxyl groups excluding tert-OH is 1. The highest BCUT2D eigenvalue weighted by atomic mass is 16.5. The summed E-state index contributed by atoms with van der Waals surface area (Å²) >= 11 is 0. The zero-order chi connectivity index (χ0) is 13.7. The molecule has 4 nitrogen and oxygen atoms in total. The molecular formula is C15H19NO3. The third kappa shape index (κ3) is 3.69. The second-order valence-electron chi connectivity index (χ2n) is 4.89. The predicted molar refractivity (Wildman–Crippen MR) is 70.8 cm³/mol. The van der Waals surface area contributed by atoms with Gasteiger partial charge >= 0.3 is 0 Å². The molecule has 1 saturated carbocycles. The fraction of sp³-hybridized carbons (Fsp3) is 0.533. The highest BCUT2D eigenvalue weighted by molar-refractivity contribution is 5.45. The van der Waals surface area contributed by atoms with Crippen molar-refractivity contribution in [3.05, 3.63) is 29.3 Å². The summed E-state index contributed by atoms with van der Waals surface area (Å²) in [5.41, 5.74) is 1.54. The summed E-state index contributed by atoms with van der Waals surface area (Å²) in [7, 11) is 1.56. The topological polar surface area (TPSA) is 62.5 Å². The number of methoxy groups -OCH3 is 1. The van der Waals surface area contributed by atoms with Crippen molar-refractivity contribution in [1.82, 2.24) is 0 Å². The van der Waals surface area contributed by atoms with Crippen LogP contribution in [0.15, 0.2) is 18.2 Å². The lowest BCUT2D eigenvalue weighted by Crippen LogP contribution is -2.24. The van der Waals surface area contributed by atoms with E-state index in [1.54, 1.807) is 13.2 Å². The van der Waals surface area contributed by atoms with Gasteiger partial charge < -0.3 is 14.6 Å². The number of hydrogen-bond donors (Lipinski definition) is 1. The van der Waals surface area contributed by atoms with Gasteiger partial charge in [-0.25, -0.2) is 0 Å². The fourth-order valence-corrected chi connectivity index (χ4v) is 2.34. The summed E-state index contributed by atoms with van der Waals surface area (Å²) in [5.74, 6) is 0.586. The molecule has 0 spiro atoms. The standard InChI is InChI=1S/C15H19NO3/c1-18-15-8-11(2-3-12(15)9-16)10-19-14-6-4-13(17)5-7-14/h2-3,8,13-14,17H,4-7,10H2,1H3. The molecule has 0 heterocycles. The number of nitriles is 1. The Morgan fingerprint density at radius 1 is 1.32 bits per heavy atom. The lowest BCUT2D eigenvalue weighted by molar-refractivity contribution is -0.0119. The summed E-state index contributed by atoms with van der Waals surface area (Å²) in [6.45, 7) is 0.517. The Kier molecular flexibility index (Phi) is 4.78. The van der Waals surface area contributed by atoms with Gasteiger partial charge in [0.25, 0.3) is 0 Å². The van der Waals surface area contributed by atoms with E-state index in [0.717, 1.165) is 31.2 Å². The lowest BCUT2D eigenvalue weighted by Gasteiger charge is -2.25. The maximum absolute atomic E-state index is 9.44. The minimum Gasteiger partial charge on any atom is -0.495 e. The SMILES string of the molecule is COc1cc(COC2CCC(O)CC2)ccc1C#N. The van der Waals surface area contributed by atoms with Gasteiger partial charge in [0.1, 0.15) is 11.8 Å². The molecule has 0 radical (unpaired) electrons. The Balaban J connectivity index is 1.91. The van der Waals surface area contributed by atoms with Crippen molar-refractivity contribution in [2.24, 2.45) is 0 Å². The third-order valence-corrected chi connectivity index (χ3v) is 3.52. The average Bonchev–Trinajstić information content (AvgIpc) is 2.46. The molecule has 19 heavy (non-hydrogen) atoms. The number of hydrogen-bond acceptors (Lipinski definition) is 4. The molecule has 0 unspecified atom stereocenters. The van der Waals surface area contributed by atoms with Crippen molar-refractivity contribution in [2.45, 2.75) is 44.5 Å². The predicted octanol–water partition coefficient (Wildman–Crippen LogP) is 2.39. The van der Waals surface area contributed by atoms with Crippen molar-refractivity contribution in [3.63, 3.8) is 0 Å². The molecule has 0 atom stereocenters. The molecule has 1 aliphatic rings. The van der Waals surface area contributed by atoms with Gasteiger partial charge in [-0.15, -0.1) is 0 Å². The Labute approximate surface area is 113 Å². The molecule has 2 rings (SSSR count). The van der Waals surface area contributed by atoms with Crippen LogP contribution in [0, 0.1) is 11.3 Å². The molecule has 0 bridgehead atoms. The van der Waals surface area contributed by atoms with E-state index in [1.165, 1.54) is 0 Å². The molecule has 0 aromatic heterocycles. The first-order valence-electron chi connectivity index (χ1n) is 6.59. The molecule has 0 amide bonds. The van der Waals surface area contributed by atoms with Gasteiger partial charge in [0.2, 0.25) is 0 Å². The van der Waals surface area contributed by atoms with E-state index in [2.05, 4.69) is 6.07 Å². The molecule has 1 aliphatic carbocycles. The molecule has 102 valence electrons. The van der Waals surface area contributed by atoms with Crippen LogP contribution in [0.1, 0.15) is 36.8 Å². The molecule has 0 saturated heterocycles. The van der Waals surface area contributed by atoms with E-state index in [-0.39, 0.29) is 12.2 Å². The van der Waals surface area contributed by atoms with Gasteiger partial charge in [-0.2, -0.15) is 5.26 Å². The summed E-state index contributed by atoms with van der Waals surface area (Å²) in [6.07, 6.45) is 3.53. The largest absolute Gasteiger partial charge is 0.495 e. The first-order valence-corrected chi connectivity index (χ1v) is 6.59. The number of ether oxygens (including phenoxy) is 2.